The Bertz CT molecular complexity index is 957. The van der Waals surface area contributed by atoms with E-state index in [1.165, 1.54) is 12.1 Å². The molecule has 1 fully saturated rings. The zero-order chi connectivity index (χ0) is 17.6. The maximum absolute atomic E-state index is 13.7. The van der Waals surface area contributed by atoms with Gasteiger partial charge in [0.15, 0.2) is 0 Å². The van der Waals surface area contributed by atoms with Crippen molar-refractivity contribution in [2.75, 3.05) is 0 Å². The van der Waals surface area contributed by atoms with Gasteiger partial charge in [0.1, 0.15) is 11.6 Å². The number of aryl methyl sites for hydroxylation is 2. The Hall–Kier alpha value is -2.76. The van der Waals surface area contributed by atoms with Gasteiger partial charge in [0.2, 0.25) is 5.89 Å². The number of nitrogens with one attached hydrogen (secondary N) is 1. The van der Waals surface area contributed by atoms with E-state index in [-0.39, 0.29) is 18.3 Å². The van der Waals surface area contributed by atoms with Crippen LogP contribution in [0.5, 0.6) is 0 Å². The number of carbonyl (C=O) groups is 1. The summed E-state index contributed by atoms with van der Waals surface area (Å²) in [5.74, 6) is 0.917. The van der Waals surface area contributed by atoms with Crippen molar-refractivity contribution in [3.8, 4) is 0 Å². The molecule has 0 radical (unpaired) electrons. The van der Waals surface area contributed by atoms with E-state index in [1.54, 1.807) is 12.1 Å². The van der Waals surface area contributed by atoms with Crippen molar-refractivity contribution in [3.05, 3.63) is 58.7 Å². The predicted octanol–water partition coefficient (Wildman–Crippen LogP) is 3.79. The molecule has 3 aromatic rings. The van der Waals surface area contributed by atoms with Crippen LogP contribution in [0.3, 0.4) is 0 Å². The predicted molar refractivity (Wildman–Crippen MR) is 90.8 cm³/mol. The third kappa shape index (κ3) is 3.12. The smallest absolute Gasteiger partial charge is 0.252 e. The molecule has 1 aromatic carbocycles. The number of pyridine rings is 1. The van der Waals surface area contributed by atoms with Gasteiger partial charge in [-0.1, -0.05) is 0 Å². The molecule has 0 spiro atoms. The van der Waals surface area contributed by atoms with Crippen LogP contribution in [0.4, 0.5) is 4.39 Å². The molecule has 0 aliphatic heterocycles. The van der Waals surface area contributed by atoms with E-state index in [9.17, 15) is 9.18 Å². The van der Waals surface area contributed by atoms with Crippen LogP contribution in [0, 0.1) is 19.7 Å². The van der Waals surface area contributed by atoms with E-state index in [1.807, 2.05) is 13.8 Å². The van der Waals surface area contributed by atoms with Crippen molar-refractivity contribution < 1.29 is 13.6 Å². The first-order valence-electron chi connectivity index (χ1n) is 8.32. The van der Waals surface area contributed by atoms with Gasteiger partial charge in [0, 0.05) is 17.0 Å². The Morgan fingerprint density at radius 3 is 2.76 bits per heavy atom. The first kappa shape index (κ1) is 15.7. The highest BCUT2D eigenvalue weighted by molar-refractivity contribution is 6.06. The zero-order valence-corrected chi connectivity index (χ0v) is 14.1. The fraction of sp³-hybridized carbons (Fsp3) is 0.316. The lowest BCUT2D eigenvalue weighted by Crippen LogP contribution is -2.23. The van der Waals surface area contributed by atoms with E-state index in [4.69, 9.17) is 4.42 Å². The molecule has 1 amide bonds. The lowest BCUT2D eigenvalue weighted by atomic mass is 10.1. The Kier molecular flexibility index (Phi) is 3.75. The summed E-state index contributed by atoms with van der Waals surface area (Å²) in [6.45, 7) is 3.87. The van der Waals surface area contributed by atoms with Gasteiger partial charge >= 0.3 is 0 Å². The first-order chi connectivity index (χ1) is 12.0. The highest BCUT2D eigenvalue weighted by Gasteiger charge is 2.27. The van der Waals surface area contributed by atoms with Crippen molar-refractivity contribution in [2.24, 2.45) is 0 Å². The van der Waals surface area contributed by atoms with Gasteiger partial charge in [-0.2, -0.15) is 0 Å². The number of oxazole rings is 1. The Morgan fingerprint density at radius 1 is 1.28 bits per heavy atom. The first-order valence-corrected chi connectivity index (χ1v) is 8.32. The SMILES string of the molecule is Cc1nc(CNC(=O)c2cc(C3CC3)nc3ccc(F)cc23)oc1C. The van der Waals surface area contributed by atoms with Crippen molar-refractivity contribution in [2.45, 2.75) is 39.2 Å². The minimum Gasteiger partial charge on any atom is -0.444 e. The van der Waals surface area contributed by atoms with Crippen molar-refractivity contribution in [1.29, 1.82) is 0 Å². The maximum atomic E-state index is 13.7. The number of benzene rings is 1. The number of hydrogen-bond acceptors (Lipinski definition) is 4. The summed E-state index contributed by atoms with van der Waals surface area (Å²) in [5.41, 5.74) is 2.77. The molecule has 1 N–H and O–H groups in total. The molecule has 0 saturated heterocycles. The van der Waals surface area contributed by atoms with E-state index in [2.05, 4.69) is 15.3 Å². The lowest BCUT2D eigenvalue weighted by Gasteiger charge is -2.09. The van der Waals surface area contributed by atoms with Gasteiger partial charge in [-0.05, 0) is 51.0 Å². The van der Waals surface area contributed by atoms with Crippen LogP contribution in [0.1, 0.15) is 52.2 Å². The number of amides is 1. The summed E-state index contributed by atoms with van der Waals surface area (Å²) < 4.78 is 19.1. The van der Waals surface area contributed by atoms with E-state index in [0.717, 1.165) is 30.0 Å². The largest absolute Gasteiger partial charge is 0.444 e. The maximum Gasteiger partial charge on any atom is 0.252 e. The third-order valence-electron chi connectivity index (χ3n) is 4.50. The van der Waals surface area contributed by atoms with E-state index >= 15 is 0 Å². The summed E-state index contributed by atoms with van der Waals surface area (Å²) in [4.78, 5) is 21.5. The van der Waals surface area contributed by atoms with Gasteiger partial charge in [0.05, 0.1) is 23.3 Å². The molecular weight excluding hydrogens is 321 g/mol. The molecular formula is C19H18FN3O2. The molecule has 4 rings (SSSR count). The van der Waals surface area contributed by atoms with Crippen LogP contribution >= 0.6 is 0 Å². The van der Waals surface area contributed by atoms with E-state index < -0.39 is 0 Å². The van der Waals surface area contributed by atoms with Crippen LogP contribution in [0.15, 0.2) is 28.7 Å². The molecule has 128 valence electrons. The second kappa shape index (κ2) is 5.95. The summed E-state index contributed by atoms with van der Waals surface area (Å²) in [6, 6.07) is 6.12. The van der Waals surface area contributed by atoms with Crippen molar-refractivity contribution in [3.63, 3.8) is 0 Å². The second-order valence-corrected chi connectivity index (χ2v) is 6.46. The van der Waals surface area contributed by atoms with Crippen molar-refractivity contribution in [1.82, 2.24) is 15.3 Å². The average molecular weight is 339 g/mol. The molecule has 5 nitrogen and oxygen atoms in total. The molecule has 25 heavy (non-hydrogen) atoms. The fourth-order valence-electron chi connectivity index (χ4n) is 2.86. The normalized spacial score (nSPS) is 14.0. The quantitative estimate of drug-likeness (QED) is 0.785. The monoisotopic (exact) mass is 339 g/mol. The molecule has 2 aromatic heterocycles. The van der Waals surface area contributed by atoms with Gasteiger partial charge in [0.25, 0.3) is 5.91 Å². The molecule has 1 aliphatic rings. The zero-order valence-electron chi connectivity index (χ0n) is 14.1. The summed E-state index contributed by atoms with van der Waals surface area (Å²) >= 11 is 0. The van der Waals surface area contributed by atoms with Crippen LogP contribution in [0.25, 0.3) is 10.9 Å². The van der Waals surface area contributed by atoms with Gasteiger partial charge in [-0.3, -0.25) is 9.78 Å². The summed E-state index contributed by atoms with van der Waals surface area (Å²) in [5, 5.41) is 3.32. The molecule has 1 aliphatic carbocycles. The number of halogens is 1. The second-order valence-electron chi connectivity index (χ2n) is 6.46. The van der Waals surface area contributed by atoms with Crippen LogP contribution in [0.2, 0.25) is 0 Å². The number of aromatic nitrogens is 2. The van der Waals surface area contributed by atoms with Crippen LogP contribution < -0.4 is 5.32 Å². The summed E-state index contributed by atoms with van der Waals surface area (Å²) in [7, 11) is 0. The number of fused-ring (bicyclic) bond motifs is 1. The average Bonchev–Trinajstić information content (AvgIpc) is 3.38. The molecule has 0 unspecified atom stereocenters. The fourth-order valence-corrected chi connectivity index (χ4v) is 2.86. The van der Waals surface area contributed by atoms with Crippen LogP contribution in [-0.2, 0) is 6.54 Å². The topological polar surface area (TPSA) is 68.0 Å². The Labute approximate surface area is 144 Å². The minimum absolute atomic E-state index is 0.186. The molecule has 2 heterocycles. The molecule has 0 atom stereocenters. The minimum atomic E-state index is -0.388. The number of rotatable bonds is 4. The van der Waals surface area contributed by atoms with Gasteiger partial charge < -0.3 is 9.73 Å². The number of carbonyl (C=O) groups excluding carboxylic acids is 1. The van der Waals surface area contributed by atoms with Crippen molar-refractivity contribution >= 4 is 16.8 Å². The van der Waals surface area contributed by atoms with Gasteiger partial charge in [-0.15, -0.1) is 0 Å². The molecule has 6 heteroatoms. The summed E-state index contributed by atoms with van der Waals surface area (Å²) in [6.07, 6.45) is 2.16. The van der Waals surface area contributed by atoms with Gasteiger partial charge in [-0.25, -0.2) is 9.37 Å². The number of hydrogen-bond donors (Lipinski definition) is 1. The highest BCUT2D eigenvalue weighted by atomic mass is 19.1. The highest BCUT2D eigenvalue weighted by Crippen LogP contribution is 2.40. The Balaban J connectivity index is 1.66. The van der Waals surface area contributed by atoms with Crippen LogP contribution in [-0.4, -0.2) is 15.9 Å². The standard InChI is InChI=1S/C19H18FN3O2/c1-10-11(2)25-18(22-10)9-21-19(24)15-8-17(12-3-4-12)23-16-6-5-13(20)7-14(15)16/h5-8,12H,3-4,9H2,1-2H3,(H,21,24). The lowest BCUT2D eigenvalue weighted by molar-refractivity contribution is 0.0948. The third-order valence-corrected chi connectivity index (χ3v) is 4.50. The Morgan fingerprint density at radius 2 is 2.08 bits per heavy atom. The van der Waals surface area contributed by atoms with E-state index in [0.29, 0.717) is 28.3 Å². The molecule has 0 bridgehead atoms. The number of nitrogens with zero attached hydrogens (tertiary/aromatic N) is 2. The molecule has 1 saturated carbocycles.